The largest absolute Gasteiger partial charge is 0.494 e. The normalized spacial score (nSPS) is 14.3. The SMILES string of the molecule is CNC(=O)n1ccc2cc(N(C)c3ccnc(NC(=O)c4ccc(C5CCN(C)CC5)cc4)c3)c(OC)cc21. The summed E-state index contributed by atoms with van der Waals surface area (Å²) in [5.41, 5.74) is 4.26. The van der Waals surface area contributed by atoms with Gasteiger partial charge in [0.1, 0.15) is 11.6 Å². The van der Waals surface area contributed by atoms with Crippen LogP contribution in [0.4, 0.5) is 22.0 Å². The molecule has 0 aliphatic carbocycles. The molecule has 202 valence electrons. The molecule has 0 bridgehead atoms. The number of amides is 2. The molecule has 2 aromatic carbocycles. The van der Waals surface area contributed by atoms with Crippen molar-refractivity contribution in [1.29, 1.82) is 0 Å². The van der Waals surface area contributed by atoms with Crippen LogP contribution in [0.5, 0.6) is 5.75 Å². The van der Waals surface area contributed by atoms with Crippen molar-refractivity contribution in [1.82, 2.24) is 19.8 Å². The van der Waals surface area contributed by atoms with Crippen molar-refractivity contribution in [2.24, 2.45) is 0 Å². The molecule has 9 nitrogen and oxygen atoms in total. The van der Waals surface area contributed by atoms with Crippen molar-refractivity contribution in [2.45, 2.75) is 18.8 Å². The van der Waals surface area contributed by atoms with Crippen LogP contribution in [0.25, 0.3) is 10.9 Å². The van der Waals surface area contributed by atoms with Gasteiger partial charge in [-0.1, -0.05) is 12.1 Å². The van der Waals surface area contributed by atoms with E-state index in [1.165, 1.54) is 5.56 Å². The summed E-state index contributed by atoms with van der Waals surface area (Å²) in [6, 6.07) is 17.1. The minimum Gasteiger partial charge on any atom is -0.494 e. The van der Waals surface area contributed by atoms with Crippen LogP contribution in [0.3, 0.4) is 0 Å². The molecule has 0 spiro atoms. The van der Waals surface area contributed by atoms with Gasteiger partial charge in [-0.15, -0.1) is 0 Å². The molecular formula is C30H34N6O3. The number of piperidine rings is 1. The lowest BCUT2D eigenvalue weighted by atomic mass is 9.89. The number of pyridine rings is 1. The van der Waals surface area contributed by atoms with Crippen LogP contribution >= 0.6 is 0 Å². The third-order valence-corrected chi connectivity index (χ3v) is 7.52. The van der Waals surface area contributed by atoms with E-state index in [9.17, 15) is 9.59 Å². The first-order valence-corrected chi connectivity index (χ1v) is 13.1. The summed E-state index contributed by atoms with van der Waals surface area (Å²) < 4.78 is 7.21. The molecule has 1 fully saturated rings. The first kappa shape index (κ1) is 26.2. The van der Waals surface area contributed by atoms with Crippen LogP contribution in [-0.2, 0) is 0 Å². The molecule has 0 unspecified atom stereocenters. The van der Waals surface area contributed by atoms with E-state index in [2.05, 4.69) is 39.7 Å². The molecule has 5 rings (SSSR count). The smallest absolute Gasteiger partial charge is 0.325 e. The Hall–Kier alpha value is -4.37. The molecule has 1 saturated heterocycles. The van der Waals surface area contributed by atoms with Gasteiger partial charge in [-0.25, -0.2) is 9.78 Å². The van der Waals surface area contributed by atoms with Crippen LogP contribution in [0, 0.1) is 0 Å². The van der Waals surface area contributed by atoms with Crippen LogP contribution in [0.2, 0.25) is 0 Å². The zero-order valence-electron chi connectivity index (χ0n) is 22.8. The number of carbonyl (C=O) groups is 2. The Morgan fingerprint density at radius 2 is 1.79 bits per heavy atom. The van der Waals surface area contributed by atoms with E-state index in [0.717, 1.165) is 48.2 Å². The van der Waals surface area contributed by atoms with Gasteiger partial charge in [0, 0.05) is 55.3 Å². The predicted octanol–water partition coefficient (Wildman–Crippen LogP) is 5.06. The second-order valence-electron chi connectivity index (χ2n) is 9.94. The number of anilines is 3. The first-order chi connectivity index (χ1) is 18.9. The Morgan fingerprint density at radius 1 is 1.05 bits per heavy atom. The maximum Gasteiger partial charge on any atom is 0.325 e. The average Bonchev–Trinajstić information content (AvgIpc) is 3.39. The summed E-state index contributed by atoms with van der Waals surface area (Å²) in [6.45, 7) is 2.21. The van der Waals surface area contributed by atoms with Gasteiger partial charge in [-0.2, -0.15) is 0 Å². The highest BCUT2D eigenvalue weighted by atomic mass is 16.5. The van der Waals surface area contributed by atoms with E-state index >= 15 is 0 Å². The van der Waals surface area contributed by atoms with Crippen molar-refractivity contribution >= 4 is 40.0 Å². The van der Waals surface area contributed by atoms with E-state index in [0.29, 0.717) is 23.0 Å². The number of nitrogens with zero attached hydrogens (tertiary/aromatic N) is 4. The summed E-state index contributed by atoms with van der Waals surface area (Å²) in [5, 5.41) is 6.47. The third-order valence-electron chi connectivity index (χ3n) is 7.52. The molecule has 9 heteroatoms. The monoisotopic (exact) mass is 526 g/mol. The number of carbonyl (C=O) groups excluding carboxylic acids is 2. The number of rotatable bonds is 6. The van der Waals surface area contributed by atoms with Gasteiger partial charge in [0.2, 0.25) is 0 Å². The Bertz CT molecular complexity index is 1490. The van der Waals surface area contributed by atoms with Crippen LogP contribution in [0.1, 0.15) is 34.7 Å². The lowest BCUT2D eigenvalue weighted by molar-refractivity contribution is 0.102. The molecule has 2 amide bonds. The van der Waals surface area contributed by atoms with Gasteiger partial charge in [-0.05, 0) is 74.8 Å². The van der Waals surface area contributed by atoms with Gasteiger partial charge in [0.15, 0.2) is 0 Å². The number of ether oxygens (including phenoxy) is 1. The average molecular weight is 527 g/mol. The number of fused-ring (bicyclic) bond motifs is 1. The van der Waals surface area contributed by atoms with Crippen LogP contribution < -0.4 is 20.3 Å². The van der Waals surface area contributed by atoms with E-state index < -0.39 is 0 Å². The molecule has 0 saturated carbocycles. The van der Waals surface area contributed by atoms with Crippen LogP contribution in [0.15, 0.2) is 67.0 Å². The molecule has 4 aromatic rings. The number of methoxy groups -OCH3 is 1. The number of aromatic nitrogens is 2. The fourth-order valence-electron chi connectivity index (χ4n) is 5.15. The molecule has 0 atom stereocenters. The predicted molar refractivity (Wildman–Crippen MR) is 155 cm³/mol. The summed E-state index contributed by atoms with van der Waals surface area (Å²) >= 11 is 0. The standard InChI is InChI=1S/C30H34N6O3/c1-31-30(38)36-16-12-23-17-26(27(39-4)19-25(23)36)35(3)24-9-13-32-28(18-24)33-29(37)22-7-5-20(6-8-22)21-10-14-34(2)15-11-21/h5-9,12-13,16-19,21H,10-11,14-15H2,1-4H3,(H,31,38)(H,32,33,37). The fraction of sp³-hybridized carbons (Fsp3) is 0.300. The topological polar surface area (TPSA) is 91.7 Å². The van der Waals surface area contributed by atoms with Crippen molar-refractivity contribution in [3.63, 3.8) is 0 Å². The molecule has 1 aliphatic rings. The molecule has 1 aliphatic heterocycles. The number of likely N-dealkylation sites (tertiary alicyclic amines) is 1. The van der Waals surface area contributed by atoms with Crippen molar-refractivity contribution in [3.8, 4) is 5.75 Å². The van der Waals surface area contributed by atoms with E-state index in [1.807, 2.05) is 54.4 Å². The van der Waals surface area contributed by atoms with Crippen molar-refractivity contribution in [2.75, 3.05) is 51.6 Å². The first-order valence-electron chi connectivity index (χ1n) is 13.1. The minimum absolute atomic E-state index is 0.202. The number of hydrogen-bond acceptors (Lipinski definition) is 6. The zero-order chi connectivity index (χ0) is 27.5. The van der Waals surface area contributed by atoms with Crippen molar-refractivity contribution < 1.29 is 14.3 Å². The van der Waals surface area contributed by atoms with E-state index in [1.54, 1.807) is 31.1 Å². The van der Waals surface area contributed by atoms with Gasteiger partial charge >= 0.3 is 6.03 Å². The highest BCUT2D eigenvalue weighted by Crippen LogP contribution is 2.37. The number of nitrogens with one attached hydrogen (secondary N) is 2. The highest BCUT2D eigenvalue weighted by Gasteiger charge is 2.19. The van der Waals surface area contributed by atoms with Gasteiger partial charge in [-0.3, -0.25) is 9.36 Å². The Morgan fingerprint density at radius 3 is 2.49 bits per heavy atom. The maximum atomic E-state index is 13.0. The van der Waals surface area contributed by atoms with Gasteiger partial charge in [0.05, 0.1) is 18.3 Å². The molecular weight excluding hydrogens is 492 g/mol. The molecule has 3 heterocycles. The second kappa shape index (κ2) is 11.2. The van der Waals surface area contributed by atoms with Gasteiger partial charge in [0.25, 0.3) is 5.91 Å². The maximum absolute atomic E-state index is 13.0. The quantitative estimate of drug-likeness (QED) is 0.365. The number of hydrogen-bond donors (Lipinski definition) is 2. The number of benzene rings is 2. The van der Waals surface area contributed by atoms with Crippen molar-refractivity contribution in [3.05, 3.63) is 78.1 Å². The molecule has 0 radical (unpaired) electrons. The van der Waals surface area contributed by atoms with E-state index in [4.69, 9.17) is 4.74 Å². The Kier molecular flexibility index (Phi) is 7.51. The summed E-state index contributed by atoms with van der Waals surface area (Å²) in [7, 11) is 7.27. The fourth-order valence-corrected chi connectivity index (χ4v) is 5.15. The Labute approximate surface area is 228 Å². The lowest BCUT2D eigenvalue weighted by Crippen LogP contribution is -2.29. The summed E-state index contributed by atoms with van der Waals surface area (Å²) in [5.74, 6) is 1.41. The zero-order valence-corrected chi connectivity index (χ0v) is 22.8. The summed E-state index contributed by atoms with van der Waals surface area (Å²) in [6.07, 6.45) is 5.68. The molecule has 2 aromatic heterocycles. The summed E-state index contributed by atoms with van der Waals surface area (Å²) in [4.78, 5) is 33.9. The lowest BCUT2D eigenvalue weighted by Gasteiger charge is -2.29. The highest BCUT2D eigenvalue weighted by molar-refractivity contribution is 6.04. The molecule has 2 N–H and O–H groups in total. The third kappa shape index (κ3) is 5.44. The minimum atomic E-state index is -0.223. The van der Waals surface area contributed by atoms with E-state index in [-0.39, 0.29) is 11.9 Å². The van der Waals surface area contributed by atoms with Gasteiger partial charge < -0.3 is 25.2 Å². The molecule has 39 heavy (non-hydrogen) atoms. The van der Waals surface area contributed by atoms with Crippen LogP contribution in [-0.4, -0.2) is 67.7 Å². The Balaban J connectivity index is 1.33. The second-order valence-corrected chi connectivity index (χ2v) is 9.94.